The summed E-state index contributed by atoms with van der Waals surface area (Å²) in [4.78, 5) is 0. The molecular formula is C14H25ClN2O2. The van der Waals surface area contributed by atoms with Crippen molar-refractivity contribution < 1.29 is 9.84 Å². The average molecular weight is 289 g/mol. The van der Waals surface area contributed by atoms with Crippen LogP contribution >= 0.6 is 11.6 Å². The smallest absolute Gasteiger partial charge is 0.0857 e. The maximum absolute atomic E-state index is 10.3. The van der Waals surface area contributed by atoms with Crippen LogP contribution in [0.2, 0.25) is 5.02 Å². The van der Waals surface area contributed by atoms with E-state index in [1.54, 1.807) is 7.11 Å². The van der Waals surface area contributed by atoms with E-state index in [9.17, 15) is 5.11 Å². The van der Waals surface area contributed by atoms with Crippen LogP contribution in [0.4, 0.5) is 0 Å². The molecule has 4 nitrogen and oxygen atoms in total. The number of aryl methyl sites for hydroxylation is 2. The van der Waals surface area contributed by atoms with Gasteiger partial charge in [-0.15, -0.1) is 0 Å². The summed E-state index contributed by atoms with van der Waals surface area (Å²) < 4.78 is 7.23. The van der Waals surface area contributed by atoms with E-state index in [2.05, 4.69) is 12.0 Å². The summed E-state index contributed by atoms with van der Waals surface area (Å²) in [7, 11) is 1.64. The Morgan fingerprint density at radius 2 is 2.05 bits per heavy atom. The molecule has 2 unspecified atom stereocenters. The van der Waals surface area contributed by atoms with Gasteiger partial charge in [-0.25, -0.2) is 0 Å². The highest BCUT2D eigenvalue weighted by Crippen LogP contribution is 2.24. The predicted molar refractivity (Wildman–Crippen MR) is 77.7 cm³/mol. The lowest BCUT2D eigenvalue weighted by Crippen LogP contribution is -2.30. The van der Waals surface area contributed by atoms with E-state index in [-0.39, 0.29) is 6.10 Å². The quantitative estimate of drug-likeness (QED) is 0.800. The van der Waals surface area contributed by atoms with Crippen molar-refractivity contribution in [2.45, 2.75) is 65.2 Å². The summed E-state index contributed by atoms with van der Waals surface area (Å²) in [5.74, 6) is 0. The zero-order chi connectivity index (χ0) is 14.4. The van der Waals surface area contributed by atoms with Crippen LogP contribution in [0, 0.1) is 0 Å². The SMILES string of the molecule is CCCC(OC)C(O)Cc1c(Cl)c(CC)nn1CC. The minimum atomic E-state index is -0.547. The molecule has 19 heavy (non-hydrogen) atoms. The molecule has 1 N–H and O–H groups in total. The predicted octanol–water partition coefficient (Wildman–Crippen LogP) is 2.84. The van der Waals surface area contributed by atoms with E-state index in [0.717, 1.165) is 37.2 Å². The van der Waals surface area contributed by atoms with E-state index in [1.165, 1.54) is 0 Å². The van der Waals surface area contributed by atoms with Gasteiger partial charge >= 0.3 is 0 Å². The fourth-order valence-corrected chi connectivity index (χ4v) is 2.64. The Kier molecular flexibility index (Phi) is 6.83. The number of nitrogens with zero attached hydrogens (tertiary/aromatic N) is 2. The highest BCUT2D eigenvalue weighted by molar-refractivity contribution is 6.31. The van der Waals surface area contributed by atoms with Crippen LogP contribution in [-0.2, 0) is 24.1 Å². The van der Waals surface area contributed by atoms with E-state index >= 15 is 0 Å². The zero-order valence-corrected chi connectivity index (χ0v) is 13.1. The van der Waals surface area contributed by atoms with Gasteiger partial charge in [0, 0.05) is 20.1 Å². The molecule has 0 amide bonds. The van der Waals surface area contributed by atoms with Gasteiger partial charge in [0.1, 0.15) is 0 Å². The maximum Gasteiger partial charge on any atom is 0.0857 e. The largest absolute Gasteiger partial charge is 0.390 e. The Balaban J connectivity index is 2.88. The summed E-state index contributed by atoms with van der Waals surface area (Å²) in [5.41, 5.74) is 1.81. The summed E-state index contributed by atoms with van der Waals surface area (Å²) in [6.45, 7) is 6.90. The van der Waals surface area contributed by atoms with Gasteiger partial charge in [0.05, 0.1) is 28.6 Å². The van der Waals surface area contributed by atoms with Gasteiger partial charge in [0.25, 0.3) is 0 Å². The first-order valence-corrected chi connectivity index (χ1v) is 7.41. The lowest BCUT2D eigenvalue weighted by Gasteiger charge is -2.21. The zero-order valence-electron chi connectivity index (χ0n) is 12.3. The lowest BCUT2D eigenvalue weighted by atomic mass is 10.0. The van der Waals surface area contributed by atoms with Crippen molar-refractivity contribution in [1.29, 1.82) is 0 Å². The number of halogens is 1. The van der Waals surface area contributed by atoms with Crippen molar-refractivity contribution in [2.75, 3.05) is 7.11 Å². The fourth-order valence-electron chi connectivity index (χ4n) is 2.29. The molecule has 1 heterocycles. The summed E-state index contributed by atoms with van der Waals surface area (Å²) in [6.07, 6.45) is 2.42. The second-order valence-corrected chi connectivity index (χ2v) is 5.09. The van der Waals surface area contributed by atoms with Gasteiger partial charge < -0.3 is 9.84 Å². The molecule has 0 radical (unpaired) electrons. The highest BCUT2D eigenvalue weighted by Gasteiger charge is 2.23. The second-order valence-electron chi connectivity index (χ2n) is 4.71. The topological polar surface area (TPSA) is 47.3 Å². The molecule has 0 spiro atoms. The summed E-state index contributed by atoms with van der Waals surface area (Å²) in [6, 6.07) is 0. The van der Waals surface area contributed by atoms with Crippen molar-refractivity contribution >= 4 is 11.6 Å². The van der Waals surface area contributed by atoms with Crippen molar-refractivity contribution in [3.05, 3.63) is 16.4 Å². The lowest BCUT2D eigenvalue weighted by molar-refractivity contribution is -0.0167. The van der Waals surface area contributed by atoms with Crippen LogP contribution in [-0.4, -0.2) is 34.2 Å². The first-order valence-electron chi connectivity index (χ1n) is 7.03. The van der Waals surface area contributed by atoms with Crippen LogP contribution in [0.3, 0.4) is 0 Å². The van der Waals surface area contributed by atoms with Crippen molar-refractivity contribution in [3.8, 4) is 0 Å². The van der Waals surface area contributed by atoms with E-state index in [0.29, 0.717) is 11.4 Å². The molecule has 0 aliphatic heterocycles. The number of aliphatic hydroxyl groups is 1. The van der Waals surface area contributed by atoms with Gasteiger partial charge in [-0.05, 0) is 19.8 Å². The molecule has 1 aromatic heterocycles. The van der Waals surface area contributed by atoms with Crippen LogP contribution < -0.4 is 0 Å². The monoisotopic (exact) mass is 288 g/mol. The van der Waals surface area contributed by atoms with Crippen LogP contribution in [0.1, 0.15) is 45.0 Å². The van der Waals surface area contributed by atoms with Crippen LogP contribution in [0.25, 0.3) is 0 Å². The Labute approximate surface area is 120 Å². The minimum Gasteiger partial charge on any atom is -0.390 e. The molecule has 0 saturated heterocycles. The first kappa shape index (κ1) is 16.5. The van der Waals surface area contributed by atoms with Crippen LogP contribution in [0.5, 0.6) is 0 Å². The Morgan fingerprint density at radius 1 is 1.37 bits per heavy atom. The standard InChI is InChI=1S/C14H25ClN2O2/c1-5-8-13(19-4)12(18)9-11-14(15)10(6-2)16-17(11)7-3/h12-13,18H,5-9H2,1-4H3. The molecular weight excluding hydrogens is 264 g/mol. The fraction of sp³-hybridized carbons (Fsp3) is 0.786. The molecule has 0 aromatic carbocycles. The molecule has 0 aliphatic carbocycles. The second kappa shape index (κ2) is 7.88. The molecule has 1 rings (SSSR count). The Bertz CT molecular complexity index is 393. The van der Waals surface area contributed by atoms with Crippen LogP contribution in [0.15, 0.2) is 0 Å². The number of rotatable bonds is 8. The number of aromatic nitrogens is 2. The molecule has 1 aromatic rings. The molecule has 0 aliphatic rings. The van der Waals surface area contributed by atoms with E-state index in [1.807, 2.05) is 18.5 Å². The summed E-state index contributed by atoms with van der Waals surface area (Å²) >= 11 is 6.34. The van der Waals surface area contributed by atoms with Gasteiger partial charge in [0.15, 0.2) is 0 Å². The third-order valence-corrected chi connectivity index (χ3v) is 3.84. The third-order valence-electron chi connectivity index (χ3n) is 3.40. The van der Waals surface area contributed by atoms with Gasteiger partial charge in [-0.1, -0.05) is 31.9 Å². The van der Waals surface area contributed by atoms with Crippen molar-refractivity contribution in [2.24, 2.45) is 0 Å². The first-order chi connectivity index (χ1) is 9.08. The number of aliphatic hydroxyl groups excluding tert-OH is 1. The molecule has 0 bridgehead atoms. The normalized spacial score (nSPS) is 14.6. The minimum absolute atomic E-state index is 0.147. The molecule has 5 heteroatoms. The van der Waals surface area contributed by atoms with Crippen molar-refractivity contribution in [1.82, 2.24) is 9.78 Å². The van der Waals surface area contributed by atoms with Gasteiger partial charge in [0.2, 0.25) is 0 Å². The van der Waals surface area contributed by atoms with Gasteiger partial charge in [-0.2, -0.15) is 5.10 Å². The van der Waals surface area contributed by atoms with Crippen molar-refractivity contribution in [3.63, 3.8) is 0 Å². The Hall–Kier alpha value is -0.580. The molecule has 0 saturated carbocycles. The molecule has 110 valence electrons. The third kappa shape index (κ3) is 3.94. The number of hydrogen-bond acceptors (Lipinski definition) is 3. The Morgan fingerprint density at radius 3 is 2.53 bits per heavy atom. The number of methoxy groups -OCH3 is 1. The maximum atomic E-state index is 10.3. The molecule has 0 fully saturated rings. The number of ether oxygens (including phenoxy) is 1. The highest BCUT2D eigenvalue weighted by atomic mass is 35.5. The van der Waals surface area contributed by atoms with E-state index in [4.69, 9.17) is 16.3 Å². The summed E-state index contributed by atoms with van der Waals surface area (Å²) in [5, 5.41) is 15.4. The van der Waals surface area contributed by atoms with E-state index < -0.39 is 6.10 Å². The average Bonchev–Trinajstić information content (AvgIpc) is 2.72. The van der Waals surface area contributed by atoms with Gasteiger partial charge in [-0.3, -0.25) is 4.68 Å². The molecule has 2 atom stereocenters. The number of hydrogen-bond donors (Lipinski definition) is 1.